The third-order valence-corrected chi connectivity index (χ3v) is 2.56. The molecule has 0 aliphatic carbocycles. The van der Waals surface area contributed by atoms with Crippen LogP contribution in [-0.2, 0) is 11.3 Å². The normalized spacial score (nSPS) is 11.2. The predicted octanol–water partition coefficient (Wildman–Crippen LogP) is 2.31. The molecule has 0 unspecified atom stereocenters. The van der Waals surface area contributed by atoms with E-state index in [4.69, 9.17) is 17.0 Å². The first-order chi connectivity index (χ1) is 7.11. The molecule has 0 aliphatic heterocycles. The number of nitrogens with zero attached hydrogens (tertiary/aromatic N) is 2. The number of hydrogen-bond acceptors (Lipinski definition) is 3. The number of nitrogens with one attached hydrogen (secondary N) is 1. The first kappa shape index (κ1) is 12.4. The van der Waals surface area contributed by atoms with Crippen molar-refractivity contribution in [3.63, 3.8) is 0 Å². The summed E-state index contributed by atoms with van der Waals surface area (Å²) in [6.07, 6.45) is 1.11. The van der Waals surface area contributed by atoms with Crippen LogP contribution in [0.4, 0.5) is 0 Å². The van der Waals surface area contributed by atoms with Gasteiger partial charge < -0.3 is 9.30 Å². The van der Waals surface area contributed by atoms with Gasteiger partial charge in [0.05, 0.1) is 6.61 Å². The summed E-state index contributed by atoms with van der Waals surface area (Å²) in [5, 5.41) is 6.79. The zero-order chi connectivity index (χ0) is 11.3. The van der Waals surface area contributed by atoms with E-state index in [1.807, 2.05) is 11.5 Å². The predicted molar refractivity (Wildman–Crippen MR) is 62.4 cm³/mol. The second-order valence-corrected chi connectivity index (χ2v) is 4.41. The molecule has 0 saturated carbocycles. The van der Waals surface area contributed by atoms with E-state index in [9.17, 15) is 0 Å². The van der Waals surface area contributed by atoms with Gasteiger partial charge in [-0.3, -0.25) is 5.10 Å². The van der Waals surface area contributed by atoms with Gasteiger partial charge in [-0.05, 0) is 31.5 Å². The Balaban J connectivity index is 2.23. The van der Waals surface area contributed by atoms with Crippen molar-refractivity contribution in [1.82, 2.24) is 14.8 Å². The Kier molecular flexibility index (Phi) is 4.98. The van der Waals surface area contributed by atoms with E-state index in [0.29, 0.717) is 17.3 Å². The fourth-order valence-electron chi connectivity index (χ4n) is 1.24. The monoisotopic (exact) mass is 229 g/mol. The lowest BCUT2D eigenvalue weighted by Crippen LogP contribution is -2.09. The quantitative estimate of drug-likeness (QED) is 0.601. The Morgan fingerprint density at radius 3 is 2.73 bits per heavy atom. The minimum atomic E-state index is 0.667. The molecular weight excluding hydrogens is 210 g/mol. The van der Waals surface area contributed by atoms with Gasteiger partial charge in [-0.1, -0.05) is 13.8 Å². The lowest BCUT2D eigenvalue weighted by molar-refractivity contribution is 0.115. The molecule has 0 fully saturated rings. The van der Waals surface area contributed by atoms with Crippen molar-refractivity contribution < 1.29 is 4.74 Å². The van der Waals surface area contributed by atoms with Crippen molar-refractivity contribution in [3.8, 4) is 0 Å². The van der Waals surface area contributed by atoms with Crippen LogP contribution in [0.5, 0.6) is 0 Å². The fourth-order valence-corrected chi connectivity index (χ4v) is 1.51. The summed E-state index contributed by atoms with van der Waals surface area (Å²) in [7, 11) is 0. The molecule has 1 N–H and O–H groups in total. The van der Waals surface area contributed by atoms with E-state index >= 15 is 0 Å². The highest BCUT2D eigenvalue weighted by Crippen LogP contribution is 2.00. The molecule has 86 valence electrons. The Bertz CT molecular complexity index is 343. The maximum absolute atomic E-state index is 5.52. The van der Waals surface area contributed by atoms with E-state index in [1.54, 1.807) is 0 Å². The molecule has 15 heavy (non-hydrogen) atoms. The number of rotatable bonds is 6. The lowest BCUT2D eigenvalue weighted by Gasteiger charge is -2.07. The Hall–Kier alpha value is -0.680. The van der Waals surface area contributed by atoms with Crippen molar-refractivity contribution in [1.29, 1.82) is 0 Å². The SMILES string of the molecule is Cc1n[nH]c(=S)n1CCOCCC(C)C. The van der Waals surface area contributed by atoms with Crippen LogP contribution in [-0.4, -0.2) is 28.0 Å². The summed E-state index contributed by atoms with van der Waals surface area (Å²) < 4.78 is 8.13. The molecule has 0 amide bonds. The van der Waals surface area contributed by atoms with Gasteiger partial charge in [-0.15, -0.1) is 0 Å². The third-order valence-electron chi connectivity index (χ3n) is 2.25. The zero-order valence-corrected chi connectivity index (χ0v) is 10.4. The van der Waals surface area contributed by atoms with Crippen LogP contribution in [0.1, 0.15) is 26.1 Å². The summed E-state index contributed by atoms with van der Waals surface area (Å²) >= 11 is 5.08. The average molecular weight is 229 g/mol. The number of aryl methyl sites for hydroxylation is 1. The molecule has 1 rings (SSSR count). The standard InChI is InChI=1S/C10H19N3OS/c1-8(2)4-6-14-7-5-13-9(3)11-12-10(13)15/h8H,4-7H2,1-3H3,(H,12,15). The molecule has 4 nitrogen and oxygen atoms in total. The van der Waals surface area contributed by atoms with Gasteiger partial charge >= 0.3 is 0 Å². The summed E-state index contributed by atoms with van der Waals surface area (Å²) in [5.41, 5.74) is 0. The number of ether oxygens (including phenoxy) is 1. The number of hydrogen-bond donors (Lipinski definition) is 1. The molecule has 0 radical (unpaired) electrons. The van der Waals surface area contributed by atoms with E-state index in [2.05, 4.69) is 24.0 Å². The van der Waals surface area contributed by atoms with Crippen molar-refractivity contribution in [3.05, 3.63) is 10.6 Å². The molecule has 0 spiro atoms. The van der Waals surface area contributed by atoms with Gasteiger partial charge in [0.25, 0.3) is 0 Å². The van der Waals surface area contributed by atoms with Gasteiger partial charge in [0.2, 0.25) is 0 Å². The molecule has 1 aromatic heterocycles. The van der Waals surface area contributed by atoms with E-state index in [1.165, 1.54) is 0 Å². The van der Waals surface area contributed by atoms with E-state index < -0.39 is 0 Å². The molecule has 0 bridgehead atoms. The number of aromatic amines is 1. The molecule has 1 aromatic rings. The van der Waals surface area contributed by atoms with Gasteiger partial charge in [0, 0.05) is 13.2 Å². The van der Waals surface area contributed by atoms with Crippen molar-refractivity contribution in [2.24, 2.45) is 5.92 Å². The van der Waals surface area contributed by atoms with E-state index in [0.717, 1.165) is 25.4 Å². The molecule has 0 aliphatic rings. The summed E-state index contributed by atoms with van der Waals surface area (Å²) in [4.78, 5) is 0. The second-order valence-electron chi connectivity index (χ2n) is 4.02. The first-order valence-corrected chi connectivity index (χ1v) is 5.71. The van der Waals surface area contributed by atoms with Crippen LogP contribution in [0, 0.1) is 17.6 Å². The van der Waals surface area contributed by atoms with Crippen LogP contribution < -0.4 is 0 Å². The minimum absolute atomic E-state index is 0.667. The number of aromatic nitrogens is 3. The molecule has 0 saturated heterocycles. The van der Waals surface area contributed by atoms with Gasteiger partial charge in [-0.2, -0.15) is 5.10 Å². The topological polar surface area (TPSA) is 42.8 Å². The van der Waals surface area contributed by atoms with Crippen LogP contribution in [0.15, 0.2) is 0 Å². The number of H-pyrrole nitrogens is 1. The molecule has 1 heterocycles. The van der Waals surface area contributed by atoms with Crippen molar-refractivity contribution in [2.45, 2.75) is 33.7 Å². The molecule has 0 atom stereocenters. The summed E-state index contributed by atoms with van der Waals surface area (Å²) in [6.45, 7) is 8.61. The van der Waals surface area contributed by atoms with Crippen molar-refractivity contribution in [2.75, 3.05) is 13.2 Å². The van der Waals surface area contributed by atoms with Gasteiger partial charge in [-0.25, -0.2) is 0 Å². The van der Waals surface area contributed by atoms with Crippen LogP contribution in [0.3, 0.4) is 0 Å². The van der Waals surface area contributed by atoms with Crippen LogP contribution >= 0.6 is 12.2 Å². The summed E-state index contributed by atoms with van der Waals surface area (Å²) in [5.74, 6) is 1.61. The first-order valence-electron chi connectivity index (χ1n) is 5.31. The largest absolute Gasteiger partial charge is 0.380 e. The van der Waals surface area contributed by atoms with E-state index in [-0.39, 0.29) is 0 Å². The van der Waals surface area contributed by atoms with Gasteiger partial charge in [0.1, 0.15) is 5.82 Å². The van der Waals surface area contributed by atoms with Crippen LogP contribution in [0.2, 0.25) is 0 Å². The maximum Gasteiger partial charge on any atom is 0.195 e. The second kappa shape index (κ2) is 6.02. The Morgan fingerprint density at radius 1 is 1.47 bits per heavy atom. The highest BCUT2D eigenvalue weighted by Gasteiger charge is 2.00. The molecular formula is C10H19N3OS. The summed E-state index contributed by atoms with van der Waals surface area (Å²) in [6, 6.07) is 0. The fraction of sp³-hybridized carbons (Fsp3) is 0.800. The highest BCUT2D eigenvalue weighted by molar-refractivity contribution is 7.71. The van der Waals surface area contributed by atoms with Crippen molar-refractivity contribution >= 4 is 12.2 Å². The van der Waals surface area contributed by atoms with Crippen LogP contribution in [0.25, 0.3) is 0 Å². The zero-order valence-electron chi connectivity index (χ0n) is 9.62. The molecule has 0 aromatic carbocycles. The maximum atomic E-state index is 5.52. The minimum Gasteiger partial charge on any atom is -0.380 e. The Morgan fingerprint density at radius 2 is 2.20 bits per heavy atom. The Labute approximate surface area is 95.7 Å². The average Bonchev–Trinajstić information content (AvgIpc) is 2.47. The lowest BCUT2D eigenvalue weighted by atomic mass is 10.1. The highest BCUT2D eigenvalue weighted by atomic mass is 32.1. The molecule has 5 heteroatoms. The smallest absolute Gasteiger partial charge is 0.195 e. The third kappa shape index (κ3) is 4.13. The van der Waals surface area contributed by atoms with Gasteiger partial charge in [0.15, 0.2) is 4.77 Å².